The van der Waals surface area contributed by atoms with Crippen LogP contribution in [0.3, 0.4) is 0 Å². The number of nitrogens with zero attached hydrogens (tertiary/aromatic N) is 2. The predicted octanol–water partition coefficient (Wildman–Crippen LogP) is 2.83. The zero-order valence-electron chi connectivity index (χ0n) is 13.3. The van der Waals surface area contributed by atoms with Crippen LogP contribution in [0.5, 0.6) is 0 Å². The second kappa shape index (κ2) is 7.00. The molecule has 6 heteroatoms. The lowest BCUT2D eigenvalue weighted by molar-refractivity contribution is 0.0897. The first-order valence-electron chi connectivity index (χ1n) is 8.21. The second-order valence-corrected chi connectivity index (χ2v) is 6.26. The second-order valence-electron chi connectivity index (χ2n) is 6.26. The summed E-state index contributed by atoms with van der Waals surface area (Å²) in [5.74, 6) is 0.303. The number of furan rings is 1. The molecule has 1 aliphatic carbocycles. The Bertz CT molecular complexity index is 629. The molecule has 6 nitrogen and oxygen atoms in total. The van der Waals surface area contributed by atoms with Crippen LogP contribution < -0.4 is 5.32 Å². The molecule has 1 saturated carbocycles. The van der Waals surface area contributed by atoms with Crippen LogP contribution >= 0.6 is 0 Å². The zero-order chi connectivity index (χ0) is 16.2. The van der Waals surface area contributed by atoms with Gasteiger partial charge in [0.2, 0.25) is 0 Å². The Morgan fingerprint density at radius 3 is 2.96 bits per heavy atom. The van der Waals surface area contributed by atoms with Crippen LogP contribution in [0, 0.1) is 0 Å². The van der Waals surface area contributed by atoms with Gasteiger partial charge in [0.05, 0.1) is 12.3 Å². The van der Waals surface area contributed by atoms with Crippen LogP contribution in [0.2, 0.25) is 0 Å². The maximum Gasteiger partial charge on any atom is 0.271 e. The standard InChI is InChI=1S/C17H23N3O3/c1-12(11-15(21)16-7-4-10-23-16)18-17(22)14-8-9-20(19-14)13-5-2-3-6-13/h4,7-10,12-13,15,21H,2-3,5-6,11H2,1H3,(H,18,22)/t12-,15-/m1/s1. The third-order valence-electron chi connectivity index (χ3n) is 4.37. The van der Waals surface area contributed by atoms with Crippen molar-refractivity contribution in [1.29, 1.82) is 0 Å². The molecule has 1 aliphatic rings. The van der Waals surface area contributed by atoms with Crippen molar-refractivity contribution < 1.29 is 14.3 Å². The largest absolute Gasteiger partial charge is 0.467 e. The summed E-state index contributed by atoms with van der Waals surface area (Å²) in [5.41, 5.74) is 0.427. The lowest BCUT2D eigenvalue weighted by Gasteiger charge is -2.16. The number of amides is 1. The minimum absolute atomic E-state index is 0.181. The fraction of sp³-hybridized carbons (Fsp3) is 0.529. The van der Waals surface area contributed by atoms with Gasteiger partial charge in [-0.3, -0.25) is 9.48 Å². The van der Waals surface area contributed by atoms with Gasteiger partial charge in [-0.05, 0) is 38.0 Å². The number of hydrogen-bond acceptors (Lipinski definition) is 4. The van der Waals surface area contributed by atoms with Crippen LogP contribution in [0.1, 0.15) is 67.4 Å². The van der Waals surface area contributed by atoms with Gasteiger partial charge >= 0.3 is 0 Å². The molecule has 2 heterocycles. The fourth-order valence-corrected chi connectivity index (χ4v) is 3.12. The summed E-state index contributed by atoms with van der Waals surface area (Å²) in [6, 6.07) is 5.46. The highest BCUT2D eigenvalue weighted by atomic mass is 16.4. The van der Waals surface area contributed by atoms with Gasteiger partial charge in [-0.1, -0.05) is 12.8 Å². The molecule has 0 saturated heterocycles. The molecule has 0 spiro atoms. The Morgan fingerprint density at radius 2 is 2.26 bits per heavy atom. The zero-order valence-corrected chi connectivity index (χ0v) is 13.3. The molecule has 0 bridgehead atoms. The quantitative estimate of drug-likeness (QED) is 0.858. The number of aliphatic hydroxyl groups is 1. The van der Waals surface area contributed by atoms with Gasteiger partial charge in [-0.25, -0.2) is 0 Å². The Kier molecular flexibility index (Phi) is 4.81. The molecular formula is C17H23N3O3. The van der Waals surface area contributed by atoms with E-state index in [0.717, 1.165) is 12.8 Å². The molecule has 0 unspecified atom stereocenters. The summed E-state index contributed by atoms with van der Waals surface area (Å²) in [5, 5.41) is 17.3. The molecule has 2 N–H and O–H groups in total. The maximum absolute atomic E-state index is 12.3. The Balaban J connectivity index is 1.54. The van der Waals surface area contributed by atoms with E-state index >= 15 is 0 Å². The van der Waals surface area contributed by atoms with E-state index in [1.165, 1.54) is 19.1 Å². The molecule has 0 radical (unpaired) electrons. The van der Waals surface area contributed by atoms with Crippen molar-refractivity contribution in [3.63, 3.8) is 0 Å². The summed E-state index contributed by atoms with van der Waals surface area (Å²) >= 11 is 0. The van der Waals surface area contributed by atoms with Crippen molar-refractivity contribution in [3.8, 4) is 0 Å². The molecule has 0 aromatic carbocycles. The predicted molar refractivity (Wildman–Crippen MR) is 84.9 cm³/mol. The van der Waals surface area contributed by atoms with Crippen molar-refractivity contribution in [2.24, 2.45) is 0 Å². The molecule has 1 fully saturated rings. The summed E-state index contributed by atoms with van der Waals surface area (Å²) in [6.07, 6.45) is 7.80. The highest BCUT2D eigenvalue weighted by Crippen LogP contribution is 2.28. The molecular weight excluding hydrogens is 294 g/mol. The number of hydrogen-bond donors (Lipinski definition) is 2. The third kappa shape index (κ3) is 3.82. The normalized spacial score (nSPS) is 18.0. The van der Waals surface area contributed by atoms with Crippen LogP contribution in [0.25, 0.3) is 0 Å². The number of aliphatic hydroxyl groups excluding tert-OH is 1. The van der Waals surface area contributed by atoms with E-state index in [4.69, 9.17) is 4.42 Å². The first-order valence-corrected chi connectivity index (χ1v) is 8.21. The average molecular weight is 317 g/mol. The number of nitrogens with one attached hydrogen (secondary N) is 1. The minimum Gasteiger partial charge on any atom is -0.467 e. The molecule has 2 aromatic rings. The lowest BCUT2D eigenvalue weighted by Crippen LogP contribution is -2.34. The Morgan fingerprint density at radius 1 is 1.48 bits per heavy atom. The van der Waals surface area contributed by atoms with Crippen molar-refractivity contribution in [2.75, 3.05) is 0 Å². The van der Waals surface area contributed by atoms with Crippen LogP contribution in [-0.2, 0) is 0 Å². The first-order chi connectivity index (χ1) is 11.1. The van der Waals surface area contributed by atoms with E-state index in [9.17, 15) is 9.90 Å². The molecule has 1 amide bonds. The van der Waals surface area contributed by atoms with Gasteiger partial charge in [0.15, 0.2) is 0 Å². The van der Waals surface area contributed by atoms with E-state index in [2.05, 4.69) is 10.4 Å². The number of aromatic nitrogens is 2. The molecule has 2 atom stereocenters. The van der Waals surface area contributed by atoms with Crippen molar-refractivity contribution in [1.82, 2.24) is 15.1 Å². The summed E-state index contributed by atoms with van der Waals surface area (Å²) in [4.78, 5) is 12.3. The Labute approximate surface area is 135 Å². The first kappa shape index (κ1) is 15.8. The molecule has 0 aliphatic heterocycles. The average Bonchev–Trinajstić information content (AvgIpc) is 3.27. The molecule has 23 heavy (non-hydrogen) atoms. The SMILES string of the molecule is C[C@H](C[C@@H](O)c1ccco1)NC(=O)c1ccn(C2CCCC2)n1. The van der Waals surface area contributed by atoms with Crippen LogP contribution in [-0.4, -0.2) is 26.8 Å². The smallest absolute Gasteiger partial charge is 0.271 e. The highest BCUT2D eigenvalue weighted by Gasteiger charge is 2.21. The topological polar surface area (TPSA) is 80.3 Å². The van der Waals surface area contributed by atoms with E-state index in [1.54, 1.807) is 18.2 Å². The summed E-state index contributed by atoms with van der Waals surface area (Å²) in [6.45, 7) is 1.86. The number of carbonyl (C=O) groups is 1. The van der Waals surface area contributed by atoms with Crippen molar-refractivity contribution in [3.05, 3.63) is 42.1 Å². The summed E-state index contributed by atoms with van der Waals surface area (Å²) < 4.78 is 7.07. The Hall–Kier alpha value is -2.08. The number of rotatable bonds is 6. The van der Waals surface area contributed by atoms with Gasteiger partial charge in [0.1, 0.15) is 17.6 Å². The fourth-order valence-electron chi connectivity index (χ4n) is 3.12. The minimum atomic E-state index is -0.726. The highest BCUT2D eigenvalue weighted by molar-refractivity contribution is 5.92. The lowest BCUT2D eigenvalue weighted by atomic mass is 10.1. The van der Waals surface area contributed by atoms with Crippen molar-refractivity contribution in [2.45, 2.75) is 57.2 Å². The van der Waals surface area contributed by atoms with E-state index in [-0.39, 0.29) is 11.9 Å². The molecule has 3 rings (SSSR count). The number of carbonyl (C=O) groups excluding carboxylic acids is 1. The van der Waals surface area contributed by atoms with Crippen LogP contribution in [0.15, 0.2) is 35.1 Å². The van der Waals surface area contributed by atoms with E-state index < -0.39 is 6.10 Å². The third-order valence-corrected chi connectivity index (χ3v) is 4.37. The maximum atomic E-state index is 12.3. The van der Waals surface area contributed by atoms with Crippen LogP contribution in [0.4, 0.5) is 0 Å². The van der Waals surface area contributed by atoms with Gasteiger partial charge in [-0.15, -0.1) is 0 Å². The van der Waals surface area contributed by atoms with Gasteiger partial charge in [0.25, 0.3) is 5.91 Å². The van der Waals surface area contributed by atoms with Crippen molar-refractivity contribution >= 4 is 5.91 Å². The molecule has 2 aromatic heterocycles. The van der Waals surface area contributed by atoms with E-state index in [0.29, 0.717) is 23.9 Å². The van der Waals surface area contributed by atoms with Gasteiger partial charge in [0, 0.05) is 18.7 Å². The monoisotopic (exact) mass is 317 g/mol. The summed E-state index contributed by atoms with van der Waals surface area (Å²) in [7, 11) is 0. The van der Waals surface area contributed by atoms with E-state index in [1.807, 2.05) is 17.8 Å². The van der Waals surface area contributed by atoms with Gasteiger partial charge in [-0.2, -0.15) is 5.10 Å². The van der Waals surface area contributed by atoms with Gasteiger partial charge < -0.3 is 14.8 Å². The molecule has 124 valence electrons.